The fourth-order valence-electron chi connectivity index (χ4n) is 1.63. The third-order valence-electron chi connectivity index (χ3n) is 2.54. The van der Waals surface area contributed by atoms with Crippen molar-refractivity contribution >= 4 is 17.2 Å². The van der Waals surface area contributed by atoms with Gasteiger partial charge in [0.25, 0.3) is 5.91 Å². The van der Waals surface area contributed by atoms with Crippen molar-refractivity contribution in [3.8, 4) is 0 Å². The molecule has 2 aromatic heterocycles. The highest BCUT2D eigenvalue weighted by Gasteiger charge is 2.15. The summed E-state index contributed by atoms with van der Waals surface area (Å²) in [7, 11) is 0. The molecule has 0 aliphatic carbocycles. The molecule has 19 heavy (non-hydrogen) atoms. The lowest BCUT2D eigenvalue weighted by Gasteiger charge is -2.12. The maximum atomic E-state index is 12.0. The van der Waals surface area contributed by atoms with Gasteiger partial charge in [-0.3, -0.25) is 9.48 Å². The molecule has 2 heterocycles. The fraction of sp³-hybridized carbons (Fsp3) is 0.417. The summed E-state index contributed by atoms with van der Waals surface area (Å²) in [6.45, 7) is 4.41. The number of nitrogens with one attached hydrogen (secondary N) is 1. The van der Waals surface area contributed by atoms with Gasteiger partial charge in [-0.15, -0.1) is 11.3 Å². The molecule has 2 rings (SSSR count). The monoisotopic (exact) mass is 279 g/mol. The number of hydrogen-bond donors (Lipinski definition) is 2. The number of amides is 1. The lowest BCUT2D eigenvalue weighted by atomic mass is 10.3. The van der Waals surface area contributed by atoms with E-state index in [1.54, 1.807) is 16.3 Å². The Morgan fingerprint density at radius 3 is 2.95 bits per heavy atom. The van der Waals surface area contributed by atoms with E-state index in [1.165, 1.54) is 11.3 Å². The molecule has 7 heteroatoms. The molecular formula is C12H17N5OS. The zero-order valence-electron chi connectivity index (χ0n) is 10.9. The van der Waals surface area contributed by atoms with Crippen LogP contribution in [0.25, 0.3) is 0 Å². The quantitative estimate of drug-likeness (QED) is 0.860. The third-order valence-corrected chi connectivity index (χ3v) is 3.59. The van der Waals surface area contributed by atoms with Gasteiger partial charge in [-0.2, -0.15) is 5.10 Å². The SMILES string of the molecule is CC(Cn1cccn1)NC(=O)c1csc(C(C)N)n1. The first-order valence-electron chi connectivity index (χ1n) is 6.05. The van der Waals surface area contributed by atoms with Crippen molar-refractivity contribution in [2.24, 2.45) is 5.73 Å². The summed E-state index contributed by atoms with van der Waals surface area (Å²) in [4.78, 5) is 16.2. The standard InChI is InChI=1S/C12H17N5OS/c1-8(6-17-5-3-4-14-17)15-11(18)10-7-19-12(16-10)9(2)13/h3-5,7-9H,6,13H2,1-2H3,(H,15,18). The molecule has 2 unspecified atom stereocenters. The van der Waals surface area contributed by atoms with Crippen LogP contribution in [0.1, 0.15) is 35.4 Å². The van der Waals surface area contributed by atoms with E-state index in [4.69, 9.17) is 5.73 Å². The average Bonchev–Trinajstić information content (AvgIpc) is 2.98. The Kier molecular flexibility index (Phi) is 4.28. The Bertz CT molecular complexity index is 534. The first-order valence-corrected chi connectivity index (χ1v) is 6.93. The number of hydrogen-bond acceptors (Lipinski definition) is 5. The van der Waals surface area contributed by atoms with Crippen LogP contribution in [0, 0.1) is 0 Å². The maximum Gasteiger partial charge on any atom is 0.271 e. The molecule has 0 spiro atoms. The van der Waals surface area contributed by atoms with Gasteiger partial charge in [-0.1, -0.05) is 0 Å². The van der Waals surface area contributed by atoms with Crippen molar-refractivity contribution in [2.45, 2.75) is 32.5 Å². The van der Waals surface area contributed by atoms with E-state index in [0.29, 0.717) is 12.2 Å². The minimum absolute atomic E-state index is 0.0205. The predicted octanol–water partition coefficient (Wildman–Crippen LogP) is 1.18. The summed E-state index contributed by atoms with van der Waals surface area (Å²) in [5.74, 6) is -0.178. The van der Waals surface area contributed by atoms with Crippen LogP contribution < -0.4 is 11.1 Å². The molecule has 0 aromatic carbocycles. The first kappa shape index (κ1) is 13.7. The molecule has 0 aliphatic heterocycles. The molecule has 0 radical (unpaired) electrons. The van der Waals surface area contributed by atoms with Gasteiger partial charge >= 0.3 is 0 Å². The molecule has 0 saturated heterocycles. The Morgan fingerprint density at radius 2 is 2.37 bits per heavy atom. The zero-order chi connectivity index (χ0) is 13.8. The first-order chi connectivity index (χ1) is 9.06. The molecule has 2 atom stereocenters. The van der Waals surface area contributed by atoms with Crippen LogP contribution in [-0.2, 0) is 6.54 Å². The minimum Gasteiger partial charge on any atom is -0.346 e. The lowest BCUT2D eigenvalue weighted by molar-refractivity contribution is 0.0931. The van der Waals surface area contributed by atoms with Gasteiger partial charge in [0.1, 0.15) is 10.7 Å². The smallest absolute Gasteiger partial charge is 0.271 e. The van der Waals surface area contributed by atoms with E-state index < -0.39 is 0 Å². The highest BCUT2D eigenvalue weighted by molar-refractivity contribution is 7.09. The summed E-state index contributed by atoms with van der Waals surface area (Å²) in [5, 5.41) is 9.49. The van der Waals surface area contributed by atoms with Crippen molar-refractivity contribution in [1.29, 1.82) is 0 Å². The summed E-state index contributed by atoms with van der Waals surface area (Å²) in [6.07, 6.45) is 3.57. The lowest BCUT2D eigenvalue weighted by Crippen LogP contribution is -2.36. The van der Waals surface area contributed by atoms with Crippen molar-refractivity contribution in [3.63, 3.8) is 0 Å². The number of nitrogens with zero attached hydrogens (tertiary/aromatic N) is 3. The van der Waals surface area contributed by atoms with Crippen molar-refractivity contribution in [3.05, 3.63) is 34.5 Å². The van der Waals surface area contributed by atoms with Gasteiger partial charge in [-0.05, 0) is 19.9 Å². The zero-order valence-corrected chi connectivity index (χ0v) is 11.7. The molecule has 0 bridgehead atoms. The van der Waals surface area contributed by atoms with E-state index in [1.807, 2.05) is 26.1 Å². The largest absolute Gasteiger partial charge is 0.346 e. The topological polar surface area (TPSA) is 85.8 Å². The van der Waals surface area contributed by atoms with E-state index in [-0.39, 0.29) is 18.0 Å². The Balaban J connectivity index is 1.92. The Labute approximate surface area is 115 Å². The number of aromatic nitrogens is 3. The number of rotatable bonds is 5. The van der Waals surface area contributed by atoms with E-state index in [9.17, 15) is 4.79 Å². The van der Waals surface area contributed by atoms with Crippen molar-refractivity contribution in [2.75, 3.05) is 0 Å². The van der Waals surface area contributed by atoms with Crippen LogP contribution in [0.5, 0.6) is 0 Å². The van der Waals surface area contributed by atoms with Gasteiger partial charge in [0, 0.05) is 23.8 Å². The number of carbonyl (C=O) groups excluding carboxylic acids is 1. The second-order valence-electron chi connectivity index (χ2n) is 4.46. The third kappa shape index (κ3) is 3.62. The average molecular weight is 279 g/mol. The van der Waals surface area contributed by atoms with Crippen LogP contribution in [-0.4, -0.2) is 26.7 Å². The van der Waals surface area contributed by atoms with Gasteiger partial charge < -0.3 is 11.1 Å². The Hall–Kier alpha value is -1.73. The number of thiazole rings is 1. The summed E-state index contributed by atoms with van der Waals surface area (Å²) >= 11 is 1.40. The van der Waals surface area contributed by atoms with Crippen molar-refractivity contribution < 1.29 is 4.79 Å². The molecular weight excluding hydrogens is 262 g/mol. The van der Waals surface area contributed by atoms with Crippen molar-refractivity contribution in [1.82, 2.24) is 20.1 Å². The second-order valence-corrected chi connectivity index (χ2v) is 5.35. The molecule has 0 aliphatic rings. The number of carbonyl (C=O) groups is 1. The highest BCUT2D eigenvalue weighted by atomic mass is 32.1. The van der Waals surface area contributed by atoms with Crippen LogP contribution in [0.2, 0.25) is 0 Å². The van der Waals surface area contributed by atoms with E-state index in [2.05, 4.69) is 15.4 Å². The van der Waals surface area contributed by atoms with E-state index in [0.717, 1.165) is 5.01 Å². The normalized spacial score (nSPS) is 14.1. The van der Waals surface area contributed by atoms with Gasteiger partial charge in [0.05, 0.1) is 12.6 Å². The highest BCUT2D eigenvalue weighted by Crippen LogP contribution is 2.15. The minimum atomic E-state index is -0.178. The van der Waals surface area contributed by atoms with Crippen LogP contribution in [0.3, 0.4) is 0 Å². The summed E-state index contributed by atoms with van der Waals surface area (Å²) in [5.41, 5.74) is 6.14. The fourth-order valence-corrected chi connectivity index (χ4v) is 2.39. The summed E-state index contributed by atoms with van der Waals surface area (Å²) in [6, 6.07) is 1.69. The van der Waals surface area contributed by atoms with Crippen LogP contribution in [0.15, 0.2) is 23.8 Å². The molecule has 0 fully saturated rings. The van der Waals surface area contributed by atoms with Crippen LogP contribution in [0.4, 0.5) is 0 Å². The number of nitrogens with two attached hydrogens (primary N) is 1. The Morgan fingerprint density at radius 1 is 1.58 bits per heavy atom. The maximum absolute atomic E-state index is 12.0. The molecule has 3 N–H and O–H groups in total. The molecule has 6 nitrogen and oxygen atoms in total. The molecule has 102 valence electrons. The van der Waals surface area contributed by atoms with Gasteiger partial charge in [0.15, 0.2) is 0 Å². The molecule has 0 saturated carbocycles. The second kappa shape index (κ2) is 5.94. The van der Waals surface area contributed by atoms with E-state index >= 15 is 0 Å². The predicted molar refractivity (Wildman–Crippen MR) is 73.9 cm³/mol. The van der Waals surface area contributed by atoms with Gasteiger partial charge in [-0.25, -0.2) is 4.98 Å². The molecule has 2 aromatic rings. The summed E-state index contributed by atoms with van der Waals surface area (Å²) < 4.78 is 1.78. The molecule has 1 amide bonds. The van der Waals surface area contributed by atoms with Gasteiger partial charge in [0.2, 0.25) is 0 Å². The van der Waals surface area contributed by atoms with Crippen LogP contribution >= 0.6 is 11.3 Å².